The Bertz CT molecular complexity index is 599. The van der Waals surface area contributed by atoms with Gasteiger partial charge in [0.15, 0.2) is 0 Å². The number of aromatic hydroxyl groups is 1. The zero-order valence-electron chi connectivity index (χ0n) is 14.3. The van der Waals surface area contributed by atoms with Crippen LogP contribution in [-0.2, 0) is 25.7 Å². The Kier molecular flexibility index (Phi) is 6.82. The molecule has 0 aromatic heterocycles. The molecule has 0 unspecified atom stereocenters. The topological polar surface area (TPSA) is 72.8 Å². The molecule has 0 aliphatic heterocycles. The van der Waals surface area contributed by atoms with Gasteiger partial charge >= 0.3 is 11.9 Å². The molecule has 126 valence electrons. The van der Waals surface area contributed by atoms with Crippen molar-refractivity contribution < 1.29 is 24.2 Å². The van der Waals surface area contributed by atoms with Crippen molar-refractivity contribution >= 4 is 17.5 Å². The number of benzene rings is 1. The summed E-state index contributed by atoms with van der Waals surface area (Å²) in [5.41, 5.74) is 1.87. The van der Waals surface area contributed by atoms with Crippen LogP contribution in [0.4, 0.5) is 0 Å². The number of hydrogen-bond acceptors (Lipinski definition) is 5. The van der Waals surface area contributed by atoms with E-state index in [0.717, 1.165) is 0 Å². The molecule has 0 aliphatic carbocycles. The molecule has 0 heterocycles. The molecule has 1 aromatic rings. The molecule has 0 amide bonds. The van der Waals surface area contributed by atoms with Crippen LogP contribution in [0.3, 0.4) is 0 Å². The molecule has 0 spiro atoms. The molecule has 5 nitrogen and oxygen atoms in total. The van der Waals surface area contributed by atoms with E-state index in [1.807, 2.05) is 0 Å². The minimum Gasteiger partial charge on any atom is -0.507 e. The van der Waals surface area contributed by atoms with Crippen molar-refractivity contribution in [2.75, 3.05) is 0 Å². The summed E-state index contributed by atoms with van der Waals surface area (Å²) >= 11 is 0. The second-order valence-corrected chi connectivity index (χ2v) is 6.01. The molecular formula is C18H24O5. The zero-order valence-corrected chi connectivity index (χ0v) is 14.3. The molecular weight excluding hydrogens is 296 g/mol. The van der Waals surface area contributed by atoms with Crippen LogP contribution in [0.1, 0.15) is 45.7 Å². The number of esters is 2. The summed E-state index contributed by atoms with van der Waals surface area (Å²) in [4.78, 5) is 22.9. The van der Waals surface area contributed by atoms with Crippen molar-refractivity contribution in [3.8, 4) is 5.75 Å². The number of phenols is 1. The molecule has 1 N–H and O–H groups in total. The van der Waals surface area contributed by atoms with E-state index in [-0.39, 0.29) is 36.1 Å². The van der Waals surface area contributed by atoms with Crippen LogP contribution >= 0.6 is 0 Å². The number of ether oxygens (including phenoxy) is 2. The van der Waals surface area contributed by atoms with Gasteiger partial charge in [0.05, 0.1) is 18.1 Å². The average Bonchev–Trinajstić information content (AvgIpc) is 2.49. The summed E-state index contributed by atoms with van der Waals surface area (Å²) in [6.07, 6.45) is 1.33. The maximum Gasteiger partial charge on any atom is 0.313 e. The highest BCUT2D eigenvalue weighted by atomic mass is 16.5. The molecule has 5 heteroatoms. The second kappa shape index (κ2) is 8.36. The Labute approximate surface area is 136 Å². The molecule has 0 saturated carbocycles. The number of hydrogen-bond donors (Lipinski definition) is 1. The van der Waals surface area contributed by atoms with E-state index in [1.54, 1.807) is 46.8 Å². The Balaban J connectivity index is 2.77. The lowest BCUT2D eigenvalue weighted by Crippen LogP contribution is -2.11. The van der Waals surface area contributed by atoms with Crippen LogP contribution in [0, 0.1) is 11.8 Å². The summed E-state index contributed by atoms with van der Waals surface area (Å²) in [6.45, 7) is 8.86. The Morgan fingerprint density at radius 1 is 1.13 bits per heavy atom. The molecule has 23 heavy (non-hydrogen) atoms. The van der Waals surface area contributed by atoms with Gasteiger partial charge in [0.25, 0.3) is 0 Å². The van der Waals surface area contributed by atoms with Gasteiger partial charge in [-0.25, -0.2) is 0 Å². The molecule has 0 aliphatic rings. The zero-order chi connectivity index (χ0) is 17.6. The number of phenolic OH excluding ortho intramolecular Hbond substituents is 1. The Morgan fingerprint density at radius 3 is 2.26 bits per heavy atom. The van der Waals surface area contributed by atoms with Crippen LogP contribution in [0.2, 0.25) is 0 Å². The van der Waals surface area contributed by atoms with Gasteiger partial charge in [0.1, 0.15) is 12.4 Å². The SMILES string of the molecule is C/C(=C\OC(=O)C(C)C)c1ccc(COC(=O)C(C)C)cc1O. The molecule has 0 saturated heterocycles. The van der Waals surface area contributed by atoms with Gasteiger partial charge in [0.2, 0.25) is 0 Å². The highest BCUT2D eigenvalue weighted by Crippen LogP contribution is 2.26. The van der Waals surface area contributed by atoms with Crippen molar-refractivity contribution in [1.29, 1.82) is 0 Å². The quantitative estimate of drug-likeness (QED) is 0.640. The fourth-order valence-electron chi connectivity index (χ4n) is 1.67. The maximum absolute atomic E-state index is 11.4. The minimum absolute atomic E-state index is 0.0393. The molecule has 0 bridgehead atoms. The monoisotopic (exact) mass is 320 g/mol. The van der Waals surface area contributed by atoms with Crippen LogP contribution < -0.4 is 0 Å². The summed E-state index contributed by atoms with van der Waals surface area (Å²) in [7, 11) is 0. The average molecular weight is 320 g/mol. The molecule has 0 fully saturated rings. The van der Waals surface area contributed by atoms with Crippen molar-refractivity contribution in [2.45, 2.75) is 41.2 Å². The van der Waals surface area contributed by atoms with Gasteiger partial charge in [-0.2, -0.15) is 0 Å². The predicted molar refractivity (Wildman–Crippen MR) is 87.3 cm³/mol. The third-order valence-electron chi connectivity index (χ3n) is 3.16. The first-order chi connectivity index (χ1) is 10.7. The van der Waals surface area contributed by atoms with E-state index in [4.69, 9.17) is 9.47 Å². The van der Waals surface area contributed by atoms with Gasteiger partial charge in [-0.15, -0.1) is 0 Å². The lowest BCUT2D eigenvalue weighted by molar-refractivity contribution is -0.148. The normalized spacial score (nSPS) is 11.7. The first kappa shape index (κ1) is 18.7. The first-order valence-electron chi connectivity index (χ1n) is 7.58. The van der Waals surface area contributed by atoms with Gasteiger partial charge < -0.3 is 14.6 Å². The van der Waals surface area contributed by atoms with Crippen LogP contribution in [0.25, 0.3) is 5.57 Å². The summed E-state index contributed by atoms with van der Waals surface area (Å²) in [6, 6.07) is 4.98. The van der Waals surface area contributed by atoms with Crippen LogP contribution in [0.5, 0.6) is 5.75 Å². The van der Waals surface area contributed by atoms with E-state index in [2.05, 4.69) is 0 Å². The smallest absolute Gasteiger partial charge is 0.313 e. The van der Waals surface area contributed by atoms with Crippen LogP contribution in [0.15, 0.2) is 24.5 Å². The van der Waals surface area contributed by atoms with Gasteiger partial charge in [0, 0.05) is 5.56 Å². The Hall–Kier alpha value is -2.30. The van der Waals surface area contributed by atoms with Crippen molar-refractivity contribution in [3.63, 3.8) is 0 Å². The van der Waals surface area contributed by atoms with Crippen LogP contribution in [-0.4, -0.2) is 17.0 Å². The highest BCUT2D eigenvalue weighted by Gasteiger charge is 2.11. The number of carbonyl (C=O) groups excluding carboxylic acids is 2. The molecule has 1 aromatic carbocycles. The third-order valence-corrected chi connectivity index (χ3v) is 3.16. The molecule has 0 radical (unpaired) electrons. The van der Waals surface area contributed by atoms with Gasteiger partial charge in [-0.3, -0.25) is 9.59 Å². The fourth-order valence-corrected chi connectivity index (χ4v) is 1.67. The van der Waals surface area contributed by atoms with E-state index >= 15 is 0 Å². The number of carbonyl (C=O) groups is 2. The highest BCUT2D eigenvalue weighted by molar-refractivity contribution is 5.75. The largest absolute Gasteiger partial charge is 0.507 e. The predicted octanol–water partition coefficient (Wildman–Crippen LogP) is 3.65. The van der Waals surface area contributed by atoms with Gasteiger partial charge in [-0.05, 0) is 24.1 Å². The lowest BCUT2D eigenvalue weighted by atomic mass is 10.1. The number of allylic oxidation sites excluding steroid dienone is 1. The van der Waals surface area contributed by atoms with E-state index in [1.165, 1.54) is 12.3 Å². The van der Waals surface area contributed by atoms with E-state index in [9.17, 15) is 14.7 Å². The molecule has 0 atom stereocenters. The summed E-state index contributed by atoms with van der Waals surface area (Å²) in [5, 5.41) is 10.1. The third kappa shape index (κ3) is 5.77. The van der Waals surface area contributed by atoms with Crippen molar-refractivity contribution in [1.82, 2.24) is 0 Å². The lowest BCUT2D eigenvalue weighted by Gasteiger charge is -2.10. The summed E-state index contributed by atoms with van der Waals surface area (Å²) < 4.78 is 10.1. The van der Waals surface area contributed by atoms with Crippen molar-refractivity contribution in [2.24, 2.45) is 11.8 Å². The number of rotatable bonds is 6. The van der Waals surface area contributed by atoms with Crippen molar-refractivity contribution in [3.05, 3.63) is 35.6 Å². The minimum atomic E-state index is -0.332. The van der Waals surface area contributed by atoms with Gasteiger partial charge in [-0.1, -0.05) is 39.8 Å². The van der Waals surface area contributed by atoms with E-state index < -0.39 is 0 Å². The standard InChI is InChI=1S/C18H24O5/c1-11(2)17(20)22-9-13(5)15-7-6-14(8-16(15)19)10-23-18(21)12(3)4/h6-9,11-12,19H,10H2,1-5H3/b13-9+. The summed E-state index contributed by atoms with van der Waals surface area (Å²) in [5.74, 6) is -0.988. The Morgan fingerprint density at radius 2 is 1.74 bits per heavy atom. The molecule has 1 rings (SSSR count). The first-order valence-corrected chi connectivity index (χ1v) is 7.58. The maximum atomic E-state index is 11.4. The second-order valence-electron chi connectivity index (χ2n) is 6.01. The van der Waals surface area contributed by atoms with E-state index in [0.29, 0.717) is 16.7 Å². The fraction of sp³-hybridized carbons (Fsp3) is 0.444.